The lowest BCUT2D eigenvalue weighted by atomic mass is 9.82. The molecule has 0 radical (unpaired) electrons. The van der Waals surface area contributed by atoms with Gasteiger partial charge >= 0.3 is 0 Å². The maximum Gasteiger partial charge on any atom is 0.253 e. The fourth-order valence-corrected chi connectivity index (χ4v) is 6.66. The predicted octanol–water partition coefficient (Wildman–Crippen LogP) is 5.62. The lowest BCUT2D eigenvalue weighted by Crippen LogP contribution is -2.46. The summed E-state index contributed by atoms with van der Waals surface area (Å²) in [6, 6.07) is 8.71. The minimum atomic E-state index is -0.414. The van der Waals surface area contributed by atoms with Crippen molar-refractivity contribution >= 4 is 5.91 Å². The molecule has 1 aromatic rings. The molecular weight excluding hydrogens is 446 g/mol. The smallest absolute Gasteiger partial charge is 0.253 e. The number of aliphatic hydroxyl groups is 1. The van der Waals surface area contributed by atoms with Crippen molar-refractivity contribution in [3.63, 3.8) is 0 Å². The van der Waals surface area contributed by atoms with Gasteiger partial charge in [0, 0.05) is 25.6 Å². The summed E-state index contributed by atoms with van der Waals surface area (Å²) in [6.07, 6.45) is 14.2. The van der Waals surface area contributed by atoms with Crippen LogP contribution in [0.1, 0.15) is 96.1 Å². The Morgan fingerprint density at radius 1 is 1.11 bits per heavy atom. The first-order valence-electron chi connectivity index (χ1n) is 14.8. The van der Waals surface area contributed by atoms with Crippen LogP contribution in [0.4, 0.5) is 0 Å². The van der Waals surface area contributed by atoms with Crippen LogP contribution in [0.5, 0.6) is 0 Å². The molecule has 1 aliphatic carbocycles. The van der Waals surface area contributed by atoms with E-state index < -0.39 is 5.54 Å². The van der Waals surface area contributed by atoms with Crippen molar-refractivity contribution in [2.75, 3.05) is 19.6 Å². The average molecular weight is 496 g/mol. The zero-order valence-electron chi connectivity index (χ0n) is 23.0. The number of nitrogens with one attached hydrogen (secondary N) is 1. The van der Waals surface area contributed by atoms with Crippen molar-refractivity contribution in [1.29, 1.82) is 0 Å². The van der Waals surface area contributed by atoms with Crippen LogP contribution in [0.3, 0.4) is 0 Å². The second-order valence-corrected chi connectivity index (χ2v) is 11.5. The summed E-state index contributed by atoms with van der Waals surface area (Å²) in [5.74, 6) is 2.18. The summed E-state index contributed by atoms with van der Waals surface area (Å²) >= 11 is 0. The molecule has 1 aromatic carbocycles. The van der Waals surface area contributed by atoms with Gasteiger partial charge in [0.1, 0.15) is 17.6 Å². The van der Waals surface area contributed by atoms with Crippen LogP contribution in [0.25, 0.3) is 0 Å². The molecule has 2 heterocycles. The average Bonchev–Trinajstić information content (AvgIpc) is 3.47. The van der Waals surface area contributed by atoms with Crippen molar-refractivity contribution in [3.05, 3.63) is 47.3 Å². The number of likely N-dealkylation sites (tertiary alicyclic amines) is 1. The molecule has 3 atom stereocenters. The molecule has 0 saturated carbocycles. The highest BCUT2D eigenvalue weighted by Crippen LogP contribution is 2.35. The third-order valence-electron chi connectivity index (χ3n) is 8.88. The number of aryl methyl sites for hydroxylation is 1. The van der Waals surface area contributed by atoms with Crippen molar-refractivity contribution in [3.8, 4) is 0 Å². The molecule has 0 spiro atoms. The summed E-state index contributed by atoms with van der Waals surface area (Å²) in [5.41, 5.74) is 2.45. The summed E-state index contributed by atoms with van der Waals surface area (Å²) in [7, 11) is 0. The first-order chi connectivity index (χ1) is 17.5. The molecule has 5 heteroatoms. The van der Waals surface area contributed by atoms with Gasteiger partial charge in [0.2, 0.25) is 0 Å². The molecule has 0 bridgehead atoms. The molecule has 0 aromatic heterocycles. The van der Waals surface area contributed by atoms with E-state index in [9.17, 15) is 9.90 Å². The maximum absolute atomic E-state index is 13.8. The van der Waals surface area contributed by atoms with Gasteiger partial charge in [-0.1, -0.05) is 70.7 Å². The number of unbranched alkanes of at least 4 members (excludes halogenated alkanes) is 2. The van der Waals surface area contributed by atoms with E-state index in [1.54, 1.807) is 0 Å². The van der Waals surface area contributed by atoms with Gasteiger partial charge in [-0.05, 0) is 74.5 Å². The number of fused-ring (bicyclic) bond motifs is 1. The number of carbonyl (C=O) groups is 1. The maximum atomic E-state index is 13.8. The van der Waals surface area contributed by atoms with Crippen LogP contribution in [-0.2, 0) is 17.6 Å². The van der Waals surface area contributed by atoms with Gasteiger partial charge in [-0.2, -0.15) is 0 Å². The number of amides is 1. The summed E-state index contributed by atoms with van der Waals surface area (Å²) in [5, 5.41) is 14.9. The second kappa shape index (κ2) is 12.6. The predicted molar refractivity (Wildman–Crippen MR) is 147 cm³/mol. The van der Waals surface area contributed by atoms with Crippen LogP contribution < -0.4 is 5.32 Å². The molecule has 5 nitrogen and oxygen atoms in total. The van der Waals surface area contributed by atoms with Gasteiger partial charge in [-0.3, -0.25) is 14.6 Å². The molecule has 3 aliphatic rings. The largest absolute Gasteiger partial charge is 0.378 e. The van der Waals surface area contributed by atoms with Crippen LogP contribution in [-0.4, -0.2) is 52.2 Å². The first kappa shape index (κ1) is 27.2. The van der Waals surface area contributed by atoms with Crippen molar-refractivity contribution in [2.45, 2.75) is 110 Å². The number of allylic oxidation sites excluding steroid dienone is 1. The number of carbonyl (C=O) groups excluding carboxylic acids is 1. The van der Waals surface area contributed by atoms with Gasteiger partial charge < -0.3 is 10.4 Å². The molecule has 2 aliphatic heterocycles. The minimum Gasteiger partial charge on any atom is -0.378 e. The lowest BCUT2D eigenvalue weighted by molar-refractivity contribution is -0.132. The van der Waals surface area contributed by atoms with E-state index in [4.69, 9.17) is 0 Å². The summed E-state index contributed by atoms with van der Waals surface area (Å²) in [4.78, 5) is 18.2. The summed E-state index contributed by atoms with van der Waals surface area (Å²) in [6.45, 7) is 9.25. The van der Waals surface area contributed by atoms with Crippen LogP contribution in [0, 0.1) is 11.8 Å². The quantitative estimate of drug-likeness (QED) is 0.395. The van der Waals surface area contributed by atoms with E-state index in [2.05, 4.69) is 66.2 Å². The van der Waals surface area contributed by atoms with E-state index in [-0.39, 0.29) is 6.23 Å². The SMILES string of the molecule is CCC=C1NC(CCCC)(CCCC)C(=O)N1CCC1CCN(C(O)C2CCc3ccccc3C2)C1. The molecule has 36 heavy (non-hydrogen) atoms. The van der Waals surface area contributed by atoms with Gasteiger partial charge in [-0.15, -0.1) is 0 Å². The standard InChI is InChI=1S/C31H49N3O2/c1-4-7-18-31(19-8-5-2)30(36)34(28(32-31)11-6-3)21-17-24-16-20-33(23-24)29(35)27-15-14-25-12-9-10-13-26(25)22-27/h9-13,24,27,29,32,35H,4-8,14-23H2,1-3H3. The van der Waals surface area contributed by atoms with Crippen molar-refractivity contribution < 1.29 is 9.90 Å². The number of hydrogen-bond donors (Lipinski definition) is 2. The topological polar surface area (TPSA) is 55.8 Å². The fourth-order valence-electron chi connectivity index (χ4n) is 6.66. The van der Waals surface area contributed by atoms with E-state index in [1.807, 2.05) is 0 Å². The van der Waals surface area contributed by atoms with Crippen LogP contribution >= 0.6 is 0 Å². The van der Waals surface area contributed by atoms with Crippen molar-refractivity contribution in [2.24, 2.45) is 11.8 Å². The number of aliphatic hydroxyl groups excluding tert-OH is 1. The number of rotatable bonds is 12. The highest BCUT2D eigenvalue weighted by molar-refractivity contribution is 5.91. The Labute approximate surface area is 219 Å². The number of benzene rings is 1. The number of nitrogens with zero attached hydrogens (tertiary/aromatic N) is 2. The van der Waals surface area contributed by atoms with Crippen LogP contribution in [0.15, 0.2) is 36.2 Å². The monoisotopic (exact) mass is 495 g/mol. The zero-order valence-corrected chi connectivity index (χ0v) is 23.0. The van der Waals surface area contributed by atoms with Gasteiger partial charge in [0.25, 0.3) is 5.91 Å². The molecule has 2 N–H and O–H groups in total. The Kier molecular flexibility index (Phi) is 9.52. The molecule has 3 unspecified atom stereocenters. The van der Waals surface area contributed by atoms with E-state index >= 15 is 0 Å². The van der Waals surface area contributed by atoms with Crippen molar-refractivity contribution in [1.82, 2.24) is 15.1 Å². The Balaban J connectivity index is 1.34. The summed E-state index contributed by atoms with van der Waals surface area (Å²) < 4.78 is 0. The molecule has 2 fully saturated rings. The third kappa shape index (κ3) is 5.99. The lowest BCUT2D eigenvalue weighted by Gasteiger charge is -2.34. The third-order valence-corrected chi connectivity index (χ3v) is 8.88. The molecule has 2 saturated heterocycles. The van der Waals surface area contributed by atoms with Gasteiger partial charge in [-0.25, -0.2) is 0 Å². The normalized spacial score (nSPS) is 25.8. The first-order valence-corrected chi connectivity index (χ1v) is 14.8. The van der Waals surface area contributed by atoms with Gasteiger partial charge in [0.05, 0.1) is 0 Å². The highest BCUT2D eigenvalue weighted by atomic mass is 16.3. The van der Waals surface area contributed by atoms with Crippen LogP contribution in [0.2, 0.25) is 0 Å². The Bertz CT molecular complexity index is 890. The molecular formula is C31H49N3O2. The second-order valence-electron chi connectivity index (χ2n) is 11.5. The molecule has 200 valence electrons. The molecule has 4 rings (SSSR count). The van der Waals surface area contributed by atoms with E-state index in [1.165, 1.54) is 11.1 Å². The Morgan fingerprint density at radius 3 is 2.53 bits per heavy atom. The Hall–Kier alpha value is -1.85. The fraction of sp³-hybridized carbons (Fsp3) is 0.710. The van der Waals surface area contributed by atoms with Gasteiger partial charge in [0.15, 0.2) is 0 Å². The number of hydrogen-bond acceptors (Lipinski definition) is 4. The van der Waals surface area contributed by atoms with E-state index in [0.717, 1.165) is 103 Å². The highest BCUT2D eigenvalue weighted by Gasteiger charge is 2.47. The van der Waals surface area contributed by atoms with E-state index in [0.29, 0.717) is 17.7 Å². The molecule has 1 amide bonds. The Morgan fingerprint density at radius 2 is 1.83 bits per heavy atom. The minimum absolute atomic E-state index is 0.292. The zero-order chi connectivity index (χ0) is 25.5.